The van der Waals surface area contributed by atoms with Gasteiger partial charge in [-0.3, -0.25) is 20.2 Å². The molecule has 0 unspecified atom stereocenters. The molecular weight excluding hydrogens is 331 g/mol. The summed E-state index contributed by atoms with van der Waals surface area (Å²) >= 11 is 0. The number of benzene rings is 2. The lowest BCUT2D eigenvalue weighted by Crippen LogP contribution is -2.19. The van der Waals surface area contributed by atoms with Gasteiger partial charge in [-0.15, -0.1) is 0 Å². The third-order valence-electron chi connectivity index (χ3n) is 3.74. The van der Waals surface area contributed by atoms with Gasteiger partial charge in [-0.2, -0.15) is 0 Å². The van der Waals surface area contributed by atoms with E-state index < -0.39 is 17.0 Å². The zero-order valence-corrected chi connectivity index (χ0v) is 14.0. The molecule has 24 heavy (non-hydrogen) atoms. The highest BCUT2D eigenvalue weighted by atomic mass is 31.2. The van der Waals surface area contributed by atoms with Crippen molar-refractivity contribution >= 4 is 29.1 Å². The van der Waals surface area contributed by atoms with Crippen molar-refractivity contribution in [3.05, 3.63) is 68.8 Å². The summed E-state index contributed by atoms with van der Waals surface area (Å²) in [6.45, 7) is 1.95. The van der Waals surface area contributed by atoms with E-state index in [1.807, 2.05) is 6.92 Å². The molecule has 0 bridgehead atoms. The summed E-state index contributed by atoms with van der Waals surface area (Å²) < 4.78 is 13.7. The van der Waals surface area contributed by atoms with E-state index in [2.05, 4.69) is 0 Å². The zero-order chi connectivity index (χ0) is 17.7. The first-order valence-electron chi connectivity index (χ1n) is 7.47. The minimum atomic E-state index is -3.18. The van der Waals surface area contributed by atoms with E-state index in [1.54, 1.807) is 12.1 Å². The van der Waals surface area contributed by atoms with Crippen LogP contribution in [-0.2, 0) is 4.57 Å². The second kappa shape index (κ2) is 7.36. The van der Waals surface area contributed by atoms with Gasteiger partial charge in [0.25, 0.3) is 11.4 Å². The molecule has 0 aliphatic rings. The van der Waals surface area contributed by atoms with Crippen LogP contribution in [0.25, 0.3) is 0 Å². The molecule has 2 rings (SSSR count). The maximum absolute atomic E-state index is 13.7. The Kier molecular flexibility index (Phi) is 5.46. The van der Waals surface area contributed by atoms with Crippen LogP contribution in [-0.4, -0.2) is 16.0 Å². The normalized spacial score (nSPS) is 11.2. The van der Waals surface area contributed by atoms with Crippen LogP contribution in [0.3, 0.4) is 0 Å². The quantitative estimate of drug-likeness (QED) is 0.432. The first-order valence-corrected chi connectivity index (χ1v) is 9.37. The van der Waals surface area contributed by atoms with Crippen LogP contribution in [0, 0.1) is 20.2 Å². The third-order valence-corrected chi connectivity index (χ3v) is 6.91. The summed E-state index contributed by atoms with van der Waals surface area (Å²) in [4.78, 5) is 20.9. The number of hydrogen-bond donors (Lipinski definition) is 0. The molecule has 126 valence electrons. The summed E-state index contributed by atoms with van der Waals surface area (Å²) in [7, 11) is -3.18. The van der Waals surface area contributed by atoms with Gasteiger partial charge >= 0.3 is 0 Å². The lowest BCUT2D eigenvalue weighted by atomic mass is 10.3. The van der Waals surface area contributed by atoms with Crippen molar-refractivity contribution < 1.29 is 14.4 Å². The molecule has 0 heterocycles. The molecule has 0 N–H and O–H groups in total. The number of non-ortho nitro benzene ring substituents is 2. The second-order valence-electron chi connectivity index (χ2n) is 5.37. The van der Waals surface area contributed by atoms with Crippen molar-refractivity contribution in [2.45, 2.75) is 19.8 Å². The summed E-state index contributed by atoms with van der Waals surface area (Å²) in [5.74, 6) is 0. The van der Waals surface area contributed by atoms with Crippen molar-refractivity contribution in [1.29, 1.82) is 0 Å². The number of nitro benzene ring substituents is 2. The molecule has 0 fully saturated rings. The molecule has 0 radical (unpaired) electrons. The molecule has 0 atom stereocenters. The van der Waals surface area contributed by atoms with Gasteiger partial charge < -0.3 is 4.57 Å². The smallest absolute Gasteiger partial charge is 0.270 e. The van der Waals surface area contributed by atoms with Crippen LogP contribution in [0.15, 0.2) is 48.5 Å². The largest absolute Gasteiger partial charge is 0.314 e. The van der Waals surface area contributed by atoms with Gasteiger partial charge in [0.15, 0.2) is 0 Å². The Labute approximate surface area is 139 Å². The molecule has 0 aromatic heterocycles. The van der Waals surface area contributed by atoms with Crippen LogP contribution in [0.4, 0.5) is 11.4 Å². The number of unbranched alkanes of at least 4 members (excludes halogenated alkanes) is 1. The average molecular weight is 348 g/mol. The Bertz CT molecular complexity index is 760. The molecule has 0 aliphatic carbocycles. The maximum Gasteiger partial charge on any atom is 0.270 e. The van der Waals surface area contributed by atoms with E-state index in [0.29, 0.717) is 23.2 Å². The molecule has 7 nitrogen and oxygen atoms in total. The van der Waals surface area contributed by atoms with Gasteiger partial charge in [0.2, 0.25) is 0 Å². The number of hydrogen-bond acceptors (Lipinski definition) is 5. The highest BCUT2D eigenvalue weighted by Gasteiger charge is 2.29. The third kappa shape index (κ3) is 3.68. The predicted molar refractivity (Wildman–Crippen MR) is 92.8 cm³/mol. The summed E-state index contributed by atoms with van der Waals surface area (Å²) in [5.41, 5.74) is -0.288. The van der Waals surface area contributed by atoms with E-state index in [-0.39, 0.29) is 11.4 Å². The van der Waals surface area contributed by atoms with Gasteiger partial charge in [-0.05, 0) is 6.42 Å². The van der Waals surface area contributed by atoms with Crippen molar-refractivity contribution in [2.75, 3.05) is 6.16 Å². The number of rotatable bonds is 7. The molecule has 0 saturated heterocycles. The van der Waals surface area contributed by atoms with Gasteiger partial charge in [0.1, 0.15) is 7.14 Å². The van der Waals surface area contributed by atoms with Crippen molar-refractivity contribution in [3.8, 4) is 0 Å². The fourth-order valence-corrected chi connectivity index (χ4v) is 5.36. The summed E-state index contributed by atoms with van der Waals surface area (Å²) in [6, 6.07) is 11.4. The fraction of sp³-hybridized carbons (Fsp3) is 0.250. The SMILES string of the molecule is CCCCP(=O)(c1cccc([N+](=O)[O-])c1)c1cccc([N+](=O)[O-])c1. The highest BCUT2D eigenvalue weighted by molar-refractivity contribution is 7.78. The van der Waals surface area contributed by atoms with Crippen LogP contribution in [0.1, 0.15) is 19.8 Å². The summed E-state index contributed by atoms with van der Waals surface area (Å²) in [6.07, 6.45) is 1.77. The molecule has 0 saturated carbocycles. The molecular formula is C16H17N2O5P. The van der Waals surface area contributed by atoms with Crippen LogP contribution < -0.4 is 10.6 Å². The van der Waals surface area contributed by atoms with Gasteiger partial charge in [-0.25, -0.2) is 0 Å². The number of nitro groups is 2. The zero-order valence-electron chi connectivity index (χ0n) is 13.1. The van der Waals surface area contributed by atoms with E-state index in [1.165, 1.54) is 36.4 Å². The Balaban J connectivity index is 2.60. The van der Waals surface area contributed by atoms with Gasteiger partial charge in [0, 0.05) is 41.0 Å². The average Bonchev–Trinajstić information content (AvgIpc) is 2.59. The maximum atomic E-state index is 13.7. The Morgan fingerprint density at radius 1 is 0.917 bits per heavy atom. The monoisotopic (exact) mass is 348 g/mol. The Morgan fingerprint density at radius 3 is 1.75 bits per heavy atom. The molecule has 0 amide bonds. The first-order chi connectivity index (χ1) is 11.4. The lowest BCUT2D eigenvalue weighted by molar-refractivity contribution is -0.384. The topological polar surface area (TPSA) is 103 Å². The van der Waals surface area contributed by atoms with E-state index in [4.69, 9.17) is 0 Å². The predicted octanol–water partition coefficient (Wildman–Crippen LogP) is 3.62. The lowest BCUT2D eigenvalue weighted by Gasteiger charge is -2.19. The van der Waals surface area contributed by atoms with Crippen molar-refractivity contribution in [1.82, 2.24) is 0 Å². The highest BCUT2D eigenvalue weighted by Crippen LogP contribution is 2.45. The first kappa shape index (κ1) is 17.8. The van der Waals surface area contributed by atoms with Gasteiger partial charge in [0.05, 0.1) is 9.85 Å². The van der Waals surface area contributed by atoms with Crippen molar-refractivity contribution in [3.63, 3.8) is 0 Å². The van der Waals surface area contributed by atoms with Gasteiger partial charge in [-0.1, -0.05) is 37.6 Å². The van der Waals surface area contributed by atoms with E-state index in [9.17, 15) is 24.8 Å². The van der Waals surface area contributed by atoms with E-state index >= 15 is 0 Å². The number of nitrogens with zero attached hydrogens (tertiary/aromatic N) is 2. The van der Waals surface area contributed by atoms with Crippen LogP contribution in [0.5, 0.6) is 0 Å². The van der Waals surface area contributed by atoms with Crippen molar-refractivity contribution in [2.24, 2.45) is 0 Å². The molecule has 0 aliphatic heterocycles. The second-order valence-corrected chi connectivity index (χ2v) is 8.33. The summed E-state index contributed by atoms with van der Waals surface area (Å²) in [5, 5.41) is 22.7. The van der Waals surface area contributed by atoms with Crippen LogP contribution in [0.2, 0.25) is 0 Å². The molecule has 0 spiro atoms. The fourth-order valence-electron chi connectivity index (χ4n) is 2.45. The van der Waals surface area contributed by atoms with E-state index in [0.717, 1.165) is 6.42 Å². The standard InChI is InChI=1S/C16H17N2O5P/c1-2-3-10-24(23,15-8-4-6-13(11-15)17(19)20)16-9-5-7-14(12-16)18(21)22/h4-9,11-12H,2-3,10H2,1H3. The minimum Gasteiger partial charge on any atom is -0.314 e. The molecule has 2 aromatic carbocycles. The Hall–Kier alpha value is -2.53. The molecule has 2 aromatic rings. The van der Waals surface area contributed by atoms with Crippen LogP contribution >= 0.6 is 7.14 Å². The molecule has 8 heteroatoms. The minimum absolute atomic E-state index is 0.144. The Morgan fingerprint density at radius 2 is 1.38 bits per heavy atom.